The molecule has 2 amide bonds. The average molecular weight is 364 g/mol. The Bertz CT molecular complexity index is 575. The van der Waals surface area contributed by atoms with Crippen LogP contribution in [-0.2, 0) is 9.53 Å². The monoisotopic (exact) mass is 363 g/mol. The Balaban J connectivity index is 1.22. The molecule has 26 heavy (non-hydrogen) atoms. The van der Waals surface area contributed by atoms with Gasteiger partial charge in [-0.3, -0.25) is 4.79 Å². The van der Waals surface area contributed by atoms with E-state index in [0.717, 1.165) is 58.4 Å². The molecule has 0 spiro atoms. The molecule has 2 aliphatic carbocycles. The molecule has 2 aliphatic heterocycles. The number of hydrogen-bond donors (Lipinski definition) is 1. The highest BCUT2D eigenvalue weighted by atomic mass is 16.6. The van der Waals surface area contributed by atoms with Crippen LogP contribution in [0.5, 0.6) is 0 Å². The summed E-state index contributed by atoms with van der Waals surface area (Å²) >= 11 is 0. The summed E-state index contributed by atoms with van der Waals surface area (Å²) in [6.45, 7) is 10.6. The minimum absolute atomic E-state index is 0.162. The average Bonchev–Trinajstić information content (AvgIpc) is 3.46. The number of rotatable bonds is 4. The van der Waals surface area contributed by atoms with Crippen LogP contribution in [0.4, 0.5) is 4.79 Å². The largest absolute Gasteiger partial charge is 0.444 e. The maximum absolute atomic E-state index is 12.3. The first kappa shape index (κ1) is 18.1. The summed E-state index contributed by atoms with van der Waals surface area (Å²) in [6.07, 6.45) is 5.32. The highest BCUT2D eigenvalue weighted by Gasteiger charge is 2.61. The van der Waals surface area contributed by atoms with Crippen molar-refractivity contribution in [2.75, 3.05) is 32.7 Å². The lowest BCUT2D eigenvalue weighted by Crippen LogP contribution is -2.47. The lowest BCUT2D eigenvalue weighted by atomic mass is 10.0. The van der Waals surface area contributed by atoms with Gasteiger partial charge in [-0.05, 0) is 58.8 Å². The van der Waals surface area contributed by atoms with Crippen LogP contribution in [0.2, 0.25) is 0 Å². The zero-order chi connectivity index (χ0) is 18.5. The predicted octanol–water partition coefficient (Wildman–Crippen LogP) is 2.23. The zero-order valence-electron chi connectivity index (χ0n) is 16.4. The zero-order valence-corrected chi connectivity index (χ0v) is 16.4. The summed E-state index contributed by atoms with van der Waals surface area (Å²) in [6, 6.07) is 0.355. The lowest BCUT2D eigenvalue weighted by Gasteiger charge is -2.35. The van der Waals surface area contributed by atoms with Crippen molar-refractivity contribution in [1.29, 1.82) is 0 Å². The minimum atomic E-state index is -0.427. The van der Waals surface area contributed by atoms with Gasteiger partial charge in [0, 0.05) is 50.1 Å². The van der Waals surface area contributed by atoms with Crippen molar-refractivity contribution in [3.63, 3.8) is 0 Å². The standard InChI is InChI=1S/C20H33N3O3/c1-19(2,3)26-18(25)23-11-15-10-20(15,13-23)12-22-8-6-16(7-9-22)21-17(24)14-4-5-14/h14-16H,4-13H2,1-3H3,(H,21,24)/t15-,20+/m1/s1. The van der Waals surface area contributed by atoms with E-state index < -0.39 is 5.60 Å². The van der Waals surface area contributed by atoms with Gasteiger partial charge < -0.3 is 19.9 Å². The van der Waals surface area contributed by atoms with E-state index in [2.05, 4.69) is 10.2 Å². The minimum Gasteiger partial charge on any atom is -0.444 e. The molecule has 0 aromatic heterocycles. The van der Waals surface area contributed by atoms with Gasteiger partial charge in [0.25, 0.3) is 0 Å². The second-order valence-electron chi connectivity index (χ2n) is 9.96. The number of nitrogens with one attached hydrogen (secondary N) is 1. The third kappa shape index (κ3) is 4.00. The molecule has 0 aromatic carbocycles. The van der Waals surface area contributed by atoms with Gasteiger partial charge in [0.2, 0.25) is 5.91 Å². The number of likely N-dealkylation sites (tertiary alicyclic amines) is 2. The van der Waals surface area contributed by atoms with Crippen LogP contribution >= 0.6 is 0 Å². The van der Waals surface area contributed by atoms with Crippen molar-refractivity contribution in [2.45, 2.75) is 64.5 Å². The SMILES string of the molecule is CC(C)(C)OC(=O)N1C[C@H]2C[C@]2(CN2CCC(NC(=O)C3CC3)CC2)C1. The first-order valence-electron chi connectivity index (χ1n) is 10.2. The lowest BCUT2D eigenvalue weighted by molar-refractivity contribution is -0.123. The van der Waals surface area contributed by atoms with Crippen LogP contribution in [0.3, 0.4) is 0 Å². The molecule has 0 unspecified atom stereocenters. The summed E-state index contributed by atoms with van der Waals surface area (Å²) in [5.74, 6) is 1.21. The van der Waals surface area contributed by atoms with Gasteiger partial charge in [-0.15, -0.1) is 0 Å². The molecule has 1 N–H and O–H groups in total. The van der Waals surface area contributed by atoms with Crippen LogP contribution in [0.15, 0.2) is 0 Å². The van der Waals surface area contributed by atoms with E-state index in [1.807, 2.05) is 25.7 Å². The van der Waals surface area contributed by atoms with E-state index in [-0.39, 0.29) is 12.0 Å². The van der Waals surface area contributed by atoms with E-state index in [1.165, 1.54) is 6.42 Å². The first-order chi connectivity index (χ1) is 12.2. The summed E-state index contributed by atoms with van der Waals surface area (Å²) in [4.78, 5) is 28.7. The molecule has 2 saturated carbocycles. The molecular formula is C20H33N3O3. The summed E-state index contributed by atoms with van der Waals surface area (Å²) in [5, 5.41) is 3.22. The Morgan fingerprint density at radius 3 is 2.46 bits per heavy atom. The first-order valence-corrected chi connectivity index (χ1v) is 10.2. The van der Waals surface area contributed by atoms with Crippen molar-refractivity contribution in [1.82, 2.24) is 15.1 Å². The third-order valence-electron chi connectivity index (χ3n) is 6.38. The van der Waals surface area contributed by atoms with E-state index in [9.17, 15) is 9.59 Å². The molecular weight excluding hydrogens is 330 g/mol. The Morgan fingerprint density at radius 1 is 1.15 bits per heavy atom. The Morgan fingerprint density at radius 2 is 1.85 bits per heavy atom. The molecule has 0 aromatic rings. The fourth-order valence-corrected chi connectivity index (χ4v) is 4.65. The Kier molecular flexibility index (Phi) is 4.45. The Hall–Kier alpha value is -1.30. The maximum atomic E-state index is 12.3. The molecule has 0 bridgehead atoms. The van der Waals surface area contributed by atoms with Gasteiger partial charge in [0.05, 0.1) is 0 Å². The number of amides is 2. The van der Waals surface area contributed by atoms with Crippen molar-refractivity contribution in [2.24, 2.45) is 17.3 Å². The molecule has 2 saturated heterocycles. The van der Waals surface area contributed by atoms with Crippen LogP contribution in [0.1, 0.15) is 52.9 Å². The van der Waals surface area contributed by atoms with E-state index >= 15 is 0 Å². The smallest absolute Gasteiger partial charge is 0.410 e. The molecule has 0 radical (unpaired) electrons. The van der Waals surface area contributed by atoms with Crippen LogP contribution in [0.25, 0.3) is 0 Å². The molecule has 4 fully saturated rings. The third-order valence-corrected chi connectivity index (χ3v) is 6.38. The fraction of sp³-hybridized carbons (Fsp3) is 0.900. The van der Waals surface area contributed by atoms with Gasteiger partial charge in [-0.2, -0.15) is 0 Å². The summed E-state index contributed by atoms with van der Waals surface area (Å²) in [5.41, 5.74) is -0.134. The molecule has 4 aliphatic rings. The molecule has 6 heteroatoms. The quantitative estimate of drug-likeness (QED) is 0.832. The number of nitrogens with zero attached hydrogens (tertiary/aromatic N) is 2. The van der Waals surface area contributed by atoms with Crippen LogP contribution < -0.4 is 5.32 Å². The molecule has 6 nitrogen and oxygen atoms in total. The maximum Gasteiger partial charge on any atom is 0.410 e. The number of carbonyl (C=O) groups excluding carboxylic acids is 2. The van der Waals surface area contributed by atoms with E-state index in [4.69, 9.17) is 4.74 Å². The molecule has 2 heterocycles. The van der Waals surface area contributed by atoms with Crippen molar-refractivity contribution in [3.8, 4) is 0 Å². The van der Waals surface area contributed by atoms with Gasteiger partial charge in [0.15, 0.2) is 0 Å². The van der Waals surface area contributed by atoms with Crippen molar-refractivity contribution < 1.29 is 14.3 Å². The Labute approximate surface area is 156 Å². The normalized spacial score (nSPS) is 32.3. The topological polar surface area (TPSA) is 61.9 Å². The van der Waals surface area contributed by atoms with E-state index in [0.29, 0.717) is 23.3 Å². The second-order valence-corrected chi connectivity index (χ2v) is 9.96. The highest BCUT2D eigenvalue weighted by molar-refractivity contribution is 5.81. The summed E-state index contributed by atoms with van der Waals surface area (Å²) < 4.78 is 5.53. The van der Waals surface area contributed by atoms with Gasteiger partial charge in [-0.25, -0.2) is 4.79 Å². The predicted molar refractivity (Wildman–Crippen MR) is 98.7 cm³/mol. The van der Waals surface area contributed by atoms with Crippen LogP contribution in [-0.4, -0.2) is 66.2 Å². The van der Waals surface area contributed by atoms with Gasteiger partial charge >= 0.3 is 6.09 Å². The second kappa shape index (κ2) is 6.39. The molecule has 4 rings (SSSR count). The number of carbonyl (C=O) groups is 2. The highest BCUT2D eigenvalue weighted by Crippen LogP contribution is 2.58. The van der Waals surface area contributed by atoms with Crippen molar-refractivity contribution >= 4 is 12.0 Å². The van der Waals surface area contributed by atoms with Crippen molar-refractivity contribution in [3.05, 3.63) is 0 Å². The van der Waals surface area contributed by atoms with Gasteiger partial charge in [-0.1, -0.05) is 0 Å². The number of ether oxygens (including phenoxy) is 1. The number of hydrogen-bond acceptors (Lipinski definition) is 4. The van der Waals surface area contributed by atoms with E-state index in [1.54, 1.807) is 0 Å². The molecule has 2 atom stereocenters. The number of piperidine rings is 2. The fourth-order valence-electron chi connectivity index (χ4n) is 4.65. The summed E-state index contributed by atoms with van der Waals surface area (Å²) in [7, 11) is 0. The number of fused-ring (bicyclic) bond motifs is 1. The molecule has 146 valence electrons. The van der Waals surface area contributed by atoms with Crippen LogP contribution in [0, 0.1) is 17.3 Å². The van der Waals surface area contributed by atoms with Gasteiger partial charge in [0.1, 0.15) is 5.60 Å².